The third-order valence-corrected chi connectivity index (χ3v) is 1.21. The lowest BCUT2D eigenvalue weighted by Crippen LogP contribution is -2.09. The Bertz CT molecular complexity index is 97.2. The molecule has 1 unspecified atom stereocenters. The lowest BCUT2D eigenvalue weighted by Gasteiger charge is -2.00. The van der Waals surface area contributed by atoms with Crippen LogP contribution < -0.4 is 0 Å². The molecule has 0 aliphatic heterocycles. The summed E-state index contributed by atoms with van der Waals surface area (Å²) in [6.07, 6.45) is 1.71. The van der Waals surface area contributed by atoms with Crippen molar-refractivity contribution >= 4 is 15.9 Å². The van der Waals surface area contributed by atoms with Gasteiger partial charge in [-0.25, -0.2) is 0 Å². The second-order valence-electron chi connectivity index (χ2n) is 1.86. The van der Waals surface area contributed by atoms with E-state index in [0.717, 1.165) is 4.48 Å². The van der Waals surface area contributed by atoms with Crippen molar-refractivity contribution in [2.24, 2.45) is 0 Å². The van der Waals surface area contributed by atoms with Gasteiger partial charge in [-0.15, -0.1) is 0 Å². The van der Waals surface area contributed by atoms with Crippen LogP contribution in [0.5, 0.6) is 0 Å². The minimum atomic E-state index is -0.613. The molecular formula is C6H11BrO2. The summed E-state index contributed by atoms with van der Waals surface area (Å²) in [4.78, 5) is 0. The molecule has 9 heavy (non-hydrogen) atoms. The predicted octanol–water partition coefficient (Wildman–Crippen LogP) is 1.03. The lowest BCUT2D eigenvalue weighted by atomic mass is 10.2. The summed E-state index contributed by atoms with van der Waals surface area (Å²) in [5.41, 5.74) is 0. The van der Waals surface area contributed by atoms with Crippen LogP contribution in [0.3, 0.4) is 0 Å². The summed E-state index contributed by atoms with van der Waals surface area (Å²) in [5.74, 6) is 0. The van der Waals surface area contributed by atoms with Crippen molar-refractivity contribution in [2.45, 2.75) is 19.4 Å². The zero-order chi connectivity index (χ0) is 7.28. The van der Waals surface area contributed by atoms with Gasteiger partial charge in [0.1, 0.15) is 0 Å². The Hall–Kier alpha value is 0.140. The molecule has 0 radical (unpaired) electrons. The number of halogens is 1. The van der Waals surface area contributed by atoms with Crippen molar-refractivity contribution in [3.8, 4) is 0 Å². The van der Waals surface area contributed by atoms with Crippen LogP contribution in [0.15, 0.2) is 10.6 Å². The topological polar surface area (TPSA) is 40.5 Å². The standard InChI is InChI=1S/C6H11BrO2/c1-5(7)2-3-6(9)4-8/h2,6,8-9H,3-4H2,1H3/b5-2-. The van der Waals surface area contributed by atoms with Crippen LogP contribution in [0.1, 0.15) is 13.3 Å². The molecule has 0 spiro atoms. The first-order chi connectivity index (χ1) is 4.16. The number of allylic oxidation sites excluding steroid dienone is 1. The number of hydrogen-bond acceptors (Lipinski definition) is 2. The van der Waals surface area contributed by atoms with Crippen molar-refractivity contribution < 1.29 is 10.2 Å². The van der Waals surface area contributed by atoms with E-state index in [4.69, 9.17) is 10.2 Å². The Morgan fingerprint density at radius 2 is 2.33 bits per heavy atom. The lowest BCUT2D eigenvalue weighted by molar-refractivity contribution is 0.0975. The molecule has 1 atom stereocenters. The molecule has 0 bridgehead atoms. The van der Waals surface area contributed by atoms with E-state index in [0.29, 0.717) is 6.42 Å². The maximum Gasteiger partial charge on any atom is 0.0805 e. The summed E-state index contributed by atoms with van der Waals surface area (Å²) in [7, 11) is 0. The van der Waals surface area contributed by atoms with Crippen molar-refractivity contribution in [1.29, 1.82) is 0 Å². The van der Waals surface area contributed by atoms with Crippen LogP contribution >= 0.6 is 15.9 Å². The van der Waals surface area contributed by atoms with Gasteiger partial charge in [-0.2, -0.15) is 0 Å². The molecule has 2 N–H and O–H groups in total. The van der Waals surface area contributed by atoms with Crippen molar-refractivity contribution in [2.75, 3.05) is 6.61 Å². The van der Waals surface area contributed by atoms with E-state index in [1.807, 2.05) is 13.0 Å². The molecule has 0 amide bonds. The second kappa shape index (κ2) is 4.97. The normalized spacial score (nSPS) is 15.8. The Kier molecular flexibility index (Phi) is 5.04. The number of hydrogen-bond donors (Lipinski definition) is 2. The maximum atomic E-state index is 8.79. The average molecular weight is 195 g/mol. The first-order valence-electron chi connectivity index (χ1n) is 2.78. The highest BCUT2D eigenvalue weighted by atomic mass is 79.9. The molecule has 0 heterocycles. The SMILES string of the molecule is C/C(Br)=C/CC(O)CO. The largest absolute Gasteiger partial charge is 0.394 e. The molecule has 0 rings (SSSR count). The summed E-state index contributed by atoms with van der Waals surface area (Å²) in [6.45, 7) is 1.71. The molecule has 0 saturated carbocycles. The molecule has 0 aromatic rings. The van der Waals surface area contributed by atoms with Gasteiger partial charge < -0.3 is 10.2 Å². The fourth-order valence-corrected chi connectivity index (χ4v) is 0.560. The predicted molar refractivity (Wildman–Crippen MR) is 40.4 cm³/mol. The number of aliphatic hydroxyl groups is 2. The summed E-state index contributed by atoms with van der Waals surface area (Å²) in [6, 6.07) is 0. The van der Waals surface area contributed by atoms with Crippen LogP contribution in [0, 0.1) is 0 Å². The van der Waals surface area contributed by atoms with E-state index in [1.54, 1.807) is 0 Å². The van der Waals surface area contributed by atoms with Crippen molar-refractivity contribution in [3.05, 3.63) is 10.6 Å². The Morgan fingerprint density at radius 3 is 2.67 bits per heavy atom. The van der Waals surface area contributed by atoms with Gasteiger partial charge >= 0.3 is 0 Å². The Labute approximate surface area is 63.3 Å². The Balaban J connectivity index is 3.37. The van der Waals surface area contributed by atoms with Crippen molar-refractivity contribution in [1.82, 2.24) is 0 Å². The minimum Gasteiger partial charge on any atom is -0.394 e. The van der Waals surface area contributed by atoms with Crippen LogP contribution in [-0.2, 0) is 0 Å². The van der Waals surface area contributed by atoms with Gasteiger partial charge in [0, 0.05) is 0 Å². The quantitative estimate of drug-likeness (QED) is 0.705. The number of aliphatic hydroxyl groups excluding tert-OH is 2. The Morgan fingerprint density at radius 1 is 1.78 bits per heavy atom. The highest BCUT2D eigenvalue weighted by Crippen LogP contribution is 2.04. The maximum absolute atomic E-state index is 8.79. The van der Waals surface area contributed by atoms with Gasteiger partial charge in [0.25, 0.3) is 0 Å². The zero-order valence-corrected chi connectivity index (χ0v) is 6.93. The molecule has 0 aromatic carbocycles. The highest BCUT2D eigenvalue weighted by Gasteiger charge is 1.96. The first-order valence-corrected chi connectivity index (χ1v) is 3.57. The average Bonchev–Trinajstić information content (AvgIpc) is 1.83. The molecule has 0 saturated heterocycles. The van der Waals surface area contributed by atoms with Crippen LogP contribution in [0.4, 0.5) is 0 Å². The van der Waals surface area contributed by atoms with Gasteiger partial charge in [0.2, 0.25) is 0 Å². The van der Waals surface area contributed by atoms with Gasteiger partial charge in [-0.1, -0.05) is 22.0 Å². The van der Waals surface area contributed by atoms with Gasteiger partial charge in [0.05, 0.1) is 12.7 Å². The minimum absolute atomic E-state index is 0.170. The van der Waals surface area contributed by atoms with E-state index in [9.17, 15) is 0 Å². The number of rotatable bonds is 3. The third-order valence-electron chi connectivity index (χ3n) is 0.882. The van der Waals surface area contributed by atoms with E-state index in [1.165, 1.54) is 0 Å². The van der Waals surface area contributed by atoms with E-state index in [2.05, 4.69) is 15.9 Å². The highest BCUT2D eigenvalue weighted by molar-refractivity contribution is 9.11. The molecular weight excluding hydrogens is 184 g/mol. The van der Waals surface area contributed by atoms with Crippen LogP contribution in [0.2, 0.25) is 0 Å². The van der Waals surface area contributed by atoms with Crippen LogP contribution in [0.25, 0.3) is 0 Å². The molecule has 0 fully saturated rings. The molecule has 0 aromatic heterocycles. The van der Waals surface area contributed by atoms with E-state index >= 15 is 0 Å². The third kappa shape index (κ3) is 6.02. The molecule has 2 nitrogen and oxygen atoms in total. The fraction of sp³-hybridized carbons (Fsp3) is 0.667. The summed E-state index contributed by atoms with van der Waals surface area (Å²) in [5, 5.41) is 17.1. The molecule has 0 aliphatic rings. The van der Waals surface area contributed by atoms with Crippen LogP contribution in [-0.4, -0.2) is 22.9 Å². The molecule has 54 valence electrons. The summed E-state index contributed by atoms with van der Waals surface area (Å²) >= 11 is 3.20. The van der Waals surface area contributed by atoms with Crippen molar-refractivity contribution in [3.63, 3.8) is 0 Å². The molecule has 0 aliphatic carbocycles. The monoisotopic (exact) mass is 194 g/mol. The van der Waals surface area contributed by atoms with E-state index in [-0.39, 0.29) is 6.61 Å². The molecule has 3 heteroatoms. The van der Waals surface area contributed by atoms with Gasteiger partial charge in [-0.05, 0) is 17.8 Å². The first kappa shape index (κ1) is 9.14. The second-order valence-corrected chi connectivity index (χ2v) is 3.11. The zero-order valence-electron chi connectivity index (χ0n) is 5.34. The summed E-state index contributed by atoms with van der Waals surface area (Å²) < 4.78 is 0.981. The van der Waals surface area contributed by atoms with Gasteiger partial charge in [-0.3, -0.25) is 0 Å². The van der Waals surface area contributed by atoms with E-state index < -0.39 is 6.10 Å². The van der Waals surface area contributed by atoms with Gasteiger partial charge in [0.15, 0.2) is 0 Å². The fourth-order valence-electron chi connectivity index (χ4n) is 0.373. The smallest absolute Gasteiger partial charge is 0.0805 e.